The van der Waals surface area contributed by atoms with Crippen molar-refractivity contribution in [1.29, 1.82) is 0 Å². The van der Waals surface area contributed by atoms with Crippen molar-refractivity contribution in [1.82, 2.24) is 20.1 Å². The number of aliphatic hydroxyl groups is 1. The standard InChI is InChI=1S/C28H38N6O3/c1-32(20-11-13-22(35)14-12-20)19-21-7-4-5-17-33(21)18-16-30-28(37)34-25-10-3-2-8-23(25)27(36)31-24-9-6-15-29-26(24)34/h2-3,6,8-10,15,20-22,35H,4-5,7,11-14,16-19H2,1H3,(H,30,37)(H,31,36). The topological polar surface area (TPSA) is 101 Å². The Hall–Kier alpha value is -3.01. The second kappa shape index (κ2) is 11.6. The molecular formula is C28H38N6O3. The number of likely N-dealkylation sites (tertiary alicyclic amines) is 1. The van der Waals surface area contributed by atoms with Crippen LogP contribution in [-0.4, -0.2) is 83.2 Å². The van der Waals surface area contributed by atoms with Crippen LogP contribution in [0.3, 0.4) is 0 Å². The van der Waals surface area contributed by atoms with Crippen LogP contribution in [0.2, 0.25) is 0 Å². The van der Waals surface area contributed by atoms with Gasteiger partial charge in [0, 0.05) is 37.9 Å². The first-order valence-corrected chi connectivity index (χ1v) is 13.6. The highest BCUT2D eigenvalue weighted by atomic mass is 16.3. The molecule has 3 aliphatic rings. The third-order valence-corrected chi connectivity index (χ3v) is 8.05. The van der Waals surface area contributed by atoms with Crippen LogP contribution in [0.4, 0.5) is 22.0 Å². The molecule has 1 saturated heterocycles. The monoisotopic (exact) mass is 506 g/mol. The maximum atomic E-state index is 13.5. The summed E-state index contributed by atoms with van der Waals surface area (Å²) in [4.78, 5) is 37.2. The number of likely N-dealkylation sites (N-methyl/N-ethyl adjacent to an activating group) is 1. The molecule has 0 bridgehead atoms. The molecule has 2 aromatic rings. The molecule has 198 valence electrons. The fourth-order valence-corrected chi connectivity index (χ4v) is 5.97. The maximum Gasteiger partial charge on any atom is 0.327 e. The van der Waals surface area contributed by atoms with Gasteiger partial charge in [-0.1, -0.05) is 18.6 Å². The largest absolute Gasteiger partial charge is 0.393 e. The number of anilines is 3. The molecule has 5 rings (SSSR count). The average molecular weight is 507 g/mol. The fraction of sp³-hybridized carbons (Fsp3) is 0.536. The number of carbonyl (C=O) groups is 2. The average Bonchev–Trinajstić information content (AvgIpc) is 3.03. The van der Waals surface area contributed by atoms with Gasteiger partial charge in [-0.2, -0.15) is 0 Å². The second-order valence-electron chi connectivity index (χ2n) is 10.5. The lowest BCUT2D eigenvalue weighted by Crippen LogP contribution is -2.51. The van der Waals surface area contributed by atoms with Gasteiger partial charge in [0.25, 0.3) is 5.91 Å². The van der Waals surface area contributed by atoms with E-state index in [0.717, 1.165) is 51.7 Å². The van der Waals surface area contributed by atoms with E-state index in [2.05, 4.69) is 32.5 Å². The number of fused-ring (bicyclic) bond motifs is 2. The van der Waals surface area contributed by atoms with Crippen LogP contribution in [0.1, 0.15) is 55.3 Å². The molecular weight excluding hydrogens is 468 g/mol. The number of nitrogens with zero attached hydrogens (tertiary/aromatic N) is 4. The summed E-state index contributed by atoms with van der Waals surface area (Å²) in [6, 6.07) is 11.3. The summed E-state index contributed by atoms with van der Waals surface area (Å²) in [5.41, 5.74) is 1.46. The highest BCUT2D eigenvalue weighted by Gasteiger charge is 2.31. The number of urea groups is 1. The van der Waals surface area contributed by atoms with Crippen LogP contribution in [0.25, 0.3) is 0 Å². The van der Waals surface area contributed by atoms with Crippen molar-refractivity contribution in [2.45, 2.75) is 63.1 Å². The van der Waals surface area contributed by atoms with E-state index in [9.17, 15) is 14.7 Å². The molecule has 2 fully saturated rings. The van der Waals surface area contributed by atoms with Gasteiger partial charge in [0.2, 0.25) is 0 Å². The Morgan fingerprint density at radius 2 is 1.95 bits per heavy atom. The minimum absolute atomic E-state index is 0.133. The Morgan fingerprint density at radius 1 is 1.14 bits per heavy atom. The number of nitrogens with one attached hydrogen (secondary N) is 2. The lowest BCUT2D eigenvalue weighted by atomic mass is 9.91. The summed E-state index contributed by atoms with van der Waals surface area (Å²) < 4.78 is 0. The highest BCUT2D eigenvalue weighted by molar-refractivity contribution is 6.16. The van der Waals surface area contributed by atoms with Gasteiger partial charge >= 0.3 is 6.03 Å². The van der Waals surface area contributed by atoms with Crippen LogP contribution in [-0.2, 0) is 0 Å². The number of carbonyl (C=O) groups excluding carboxylic acids is 2. The lowest BCUT2D eigenvalue weighted by Gasteiger charge is -2.41. The summed E-state index contributed by atoms with van der Waals surface area (Å²) in [5.74, 6) is 0.154. The molecule has 1 aliphatic carbocycles. The maximum absolute atomic E-state index is 13.5. The van der Waals surface area contributed by atoms with Crippen molar-refractivity contribution in [2.24, 2.45) is 0 Å². The predicted octanol–water partition coefficient (Wildman–Crippen LogP) is 3.58. The van der Waals surface area contributed by atoms with Crippen molar-refractivity contribution in [3.63, 3.8) is 0 Å². The second-order valence-corrected chi connectivity index (χ2v) is 10.5. The molecule has 1 atom stereocenters. The highest BCUT2D eigenvalue weighted by Crippen LogP contribution is 2.36. The first kappa shape index (κ1) is 25.6. The molecule has 3 amide bonds. The summed E-state index contributed by atoms with van der Waals surface area (Å²) in [7, 11) is 2.22. The van der Waals surface area contributed by atoms with E-state index in [0.29, 0.717) is 41.4 Å². The molecule has 9 nitrogen and oxygen atoms in total. The molecule has 0 spiro atoms. The smallest absolute Gasteiger partial charge is 0.327 e. The van der Waals surface area contributed by atoms with Crippen molar-refractivity contribution in [3.8, 4) is 0 Å². The molecule has 1 aromatic carbocycles. The molecule has 37 heavy (non-hydrogen) atoms. The normalized spacial score (nSPS) is 24.1. The van der Waals surface area contributed by atoms with Crippen molar-refractivity contribution in [2.75, 3.05) is 43.4 Å². The number of benzene rings is 1. The number of rotatable bonds is 6. The van der Waals surface area contributed by atoms with Gasteiger partial charge in [-0.25, -0.2) is 14.7 Å². The molecule has 1 aromatic heterocycles. The molecule has 3 heterocycles. The molecule has 3 N–H and O–H groups in total. The fourth-order valence-electron chi connectivity index (χ4n) is 5.97. The molecule has 2 aliphatic heterocycles. The van der Waals surface area contributed by atoms with Gasteiger partial charge in [0.15, 0.2) is 5.82 Å². The van der Waals surface area contributed by atoms with Crippen molar-refractivity contribution < 1.29 is 14.7 Å². The minimum Gasteiger partial charge on any atom is -0.393 e. The zero-order valence-corrected chi connectivity index (χ0v) is 21.6. The van der Waals surface area contributed by atoms with Gasteiger partial charge < -0.3 is 20.6 Å². The Bertz CT molecular complexity index is 1100. The van der Waals surface area contributed by atoms with Crippen LogP contribution >= 0.6 is 0 Å². The number of piperidine rings is 1. The predicted molar refractivity (Wildman–Crippen MR) is 144 cm³/mol. The zero-order chi connectivity index (χ0) is 25.8. The van der Waals surface area contributed by atoms with Gasteiger partial charge in [-0.05, 0) is 76.4 Å². The van der Waals surface area contributed by atoms with Gasteiger partial charge in [-0.15, -0.1) is 0 Å². The molecule has 1 saturated carbocycles. The van der Waals surface area contributed by atoms with Gasteiger partial charge in [0.1, 0.15) is 0 Å². The van der Waals surface area contributed by atoms with Gasteiger partial charge in [-0.3, -0.25) is 9.69 Å². The summed E-state index contributed by atoms with van der Waals surface area (Å²) in [5, 5.41) is 15.8. The first-order chi connectivity index (χ1) is 18.0. The van der Waals surface area contributed by atoms with E-state index in [1.54, 1.807) is 36.5 Å². The van der Waals surface area contributed by atoms with E-state index < -0.39 is 0 Å². The zero-order valence-electron chi connectivity index (χ0n) is 21.6. The Balaban J connectivity index is 1.23. The molecule has 0 radical (unpaired) electrons. The van der Waals surface area contributed by atoms with Crippen LogP contribution in [0.15, 0.2) is 42.6 Å². The van der Waals surface area contributed by atoms with Crippen molar-refractivity contribution in [3.05, 3.63) is 48.2 Å². The number of hydrogen-bond donors (Lipinski definition) is 3. The SMILES string of the molecule is CN(CC1CCCCN1CCNC(=O)N1c2ccccc2C(=O)Nc2cccnc21)C1CCC(O)CC1. The molecule has 9 heteroatoms. The molecule has 1 unspecified atom stereocenters. The number of amides is 3. The Morgan fingerprint density at radius 3 is 2.78 bits per heavy atom. The van der Waals surface area contributed by atoms with Crippen LogP contribution < -0.4 is 15.5 Å². The van der Waals surface area contributed by atoms with Gasteiger partial charge in [0.05, 0.1) is 23.0 Å². The first-order valence-electron chi connectivity index (χ1n) is 13.6. The van der Waals surface area contributed by atoms with E-state index >= 15 is 0 Å². The Labute approximate surface area is 218 Å². The number of para-hydroxylation sites is 1. The van der Waals surface area contributed by atoms with E-state index in [-0.39, 0.29) is 18.0 Å². The van der Waals surface area contributed by atoms with Crippen LogP contribution in [0.5, 0.6) is 0 Å². The van der Waals surface area contributed by atoms with Crippen LogP contribution in [0, 0.1) is 0 Å². The van der Waals surface area contributed by atoms with Crippen molar-refractivity contribution >= 4 is 29.1 Å². The number of hydrogen-bond acceptors (Lipinski definition) is 6. The third-order valence-electron chi connectivity index (χ3n) is 8.05. The van der Waals surface area contributed by atoms with E-state index in [4.69, 9.17) is 0 Å². The third kappa shape index (κ3) is 5.79. The quantitative estimate of drug-likeness (QED) is 0.554. The summed E-state index contributed by atoms with van der Waals surface area (Å²) >= 11 is 0. The summed E-state index contributed by atoms with van der Waals surface area (Å²) in [6.45, 7) is 3.33. The number of pyridine rings is 1. The van der Waals surface area contributed by atoms with E-state index in [1.165, 1.54) is 17.7 Å². The minimum atomic E-state index is -0.296. The summed E-state index contributed by atoms with van der Waals surface area (Å²) in [6.07, 6.45) is 8.98. The van der Waals surface area contributed by atoms with E-state index in [1.807, 2.05) is 6.07 Å². The number of aromatic nitrogens is 1. The Kier molecular flexibility index (Phi) is 8.02. The lowest BCUT2D eigenvalue weighted by molar-refractivity contribution is 0.0582. The number of aliphatic hydroxyl groups excluding tert-OH is 1.